The summed E-state index contributed by atoms with van der Waals surface area (Å²) >= 11 is 0. The number of aliphatic hydroxyl groups excluding tert-OH is 1. The van der Waals surface area contributed by atoms with Gasteiger partial charge in [0.1, 0.15) is 6.61 Å². The van der Waals surface area contributed by atoms with E-state index in [0.717, 1.165) is 25.3 Å². The molecule has 0 aromatic heterocycles. The summed E-state index contributed by atoms with van der Waals surface area (Å²) in [6.45, 7) is -1.70. The Bertz CT molecular complexity index is 1090. The number of esters is 2. The van der Waals surface area contributed by atoms with E-state index in [9.17, 15) is 44.7 Å². The van der Waals surface area contributed by atoms with E-state index in [1.165, 1.54) is 18.2 Å². The van der Waals surface area contributed by atoms with Gasteiger partial charge in [0.05, 0.1) is 24.8 Å². The number of phenols is 4. The number of phenolic OH excluding ortho intramolecular Hbond substituents is 4. The van der Waals surface area contributed by atoms with Crippen molar-refractivity contribution in [2.45, 2.75) is 12.1 Å². The second kappa shape index (κ2) is 11.4. The van der Waals surface area contributed by atoms with Crippen LogP contribution in [-0.4, -0.2) is 81.7 Å². The van der Waals surface area contributed by atoms with Crippen LogP contribution < -0.4 is 10.6 Å². The first-order chi connectivity index (χ1) is 16.1. The molecule has 2 rings (SSSR count). The van der Waals surface area contributed by atoms with Crippen LogP contribution in [0.1, 0.15) is 20.7 Å². The molecule has 0 spiro atoms. The van der Waals surface area contributed by atoms with Crippen LogP contribution in [0.25, 0.3) is 0 Å². The third-order valence-electron chi connectivity index (χ3n) is 4.47. The van der Waals surface area contributed by atoms with Gasteiger partial charge in [-0.15, -0.1) is 0 Å². The van der Waals surface area contributed by atoms with E-state index in [0.29, 0.717) is 0 Å². The predicted molar refractivity (Wildman–Crippen MR) is 112 cm³/mol. The van der Waals surface area contributed by atoms with Crippen molar-refractivity contribution in [3.63, 3.8) is 0 Å². The molecule has 0 saturated carbocycles. The van der Waals surface area contributed by atoms with Crippen molar-refractivity contribution in [2.75, 3.05) is 20.3 Å². The van der Waals surface area contributed by atoms with Crippen LogP contribution >= 0.6 is 0 Å². The van der Waals surface area contributed by atoms with Gasteiger partial charge >= 0.3 is 11.9 Å². The molecule has 0 radical (unpaired) electrons. The van der Waals surface area contributed by atoms with Crippen LogP contribution in [0.5, 0.6) is 23.0 Å². The highest BCUT2D eigenvalue weighted by atomic mass is 16.5. The van der Waals surface area contributed by atoms with E-state index in [1.807, 2.05) is 0 Å². The molecule has 2 aromatic rings. The molecular weight excluding hydrogens is 456 g/mol. The molecule has 0 aliphatic carbocycles. The first-order valence-electron chi connectivity index (χ1n) is 9.59. The van der Waals surface area contributed by atoms with E-state index < -0.39 is 72.0 Å². The Morgan fingerprint density at radius 1 is 0.794 bits per heavy atom. The van der Waals surface area contributed by atoms with Gasteiger partial charge in [0.2, 0.25) is 0 Å². The summed E-state index contributed by atoms with van der Waals surface area (Å²) < 4.78 is 9.45. The number of ether oxygens (including phenoxy) is 2. The topological polar surface area (TPSA) is 212 Å². The lowest BCUT2D eigenvalue weighted by Crippen LogP contribution is -2.48. The number of amides is 2. The fourth-order valence-electron chi connectivity index (χ4n) is 2.66. The highest BCUT2D eigenvalue weighted by Gasteiger charge is 2.29. The number of carbonyl (C=O) groups is 4. The minimum absolute atomic E-state index is 0.369. The predicted octanol–water partition coefficient (Wildman–Crippen LogP) is -0.885. The largest absolute Gasteiger partial charge is 0.504 e. The zero-order valence-electron chi connectivity index (χ0n) is 17.7. The van der Waals surface area contributed by atoms with Gasteiger partial charge in [0, 0.05) is 0 Å². The Morgan fingerprint density at radius 2 is 1.26 bits per heavy atom. The number of carbonyl (C=O) groups excluding carboxylic acids is 4. The Labute approximate surface area is 192 Å². The van der Waals surface area contributed by atoms with E-state index in [4.69, 9.17) is 4.74 Å². The lowest BCUT2D eigenvalue weighted by atomic mass is 10.1. The monoisotopic (exact) mass is 478 g/mol. The fraction of sp³-hybridized carbons (Fsp3) is 0.238. The van der Waals surface area contributed by atoms with Gasteiger partial charge < -0.3 is 45.6 Å². The van der Waals surface area contributed by atoms with Crippen molar-refractivity contribution in [3.8, 4) is 23.0 Å². The standard InChI is InChI=1S/C21H22N2O11/c1-33-20(31)13(23-19(30)11-5-3-7-15(26)17(11)28)9-34-21(32)12(8-24)22-18(29)10-4-2-6-14(25)16(10)27/h2-7,12-13,24-28H,8-9H2,1H3,(H,22,29)(H,23,30)/t12-,13-/m0/s1. The van der Waals surface area contributed by atoms with Gasteiger partial charge in [-0.2, -0.15) is 0 Å². The maximum atomic E-state index is 12.4. The van der Waals surface area contributed by atoms with Crippen LogP contribution in [0.3, 0.4) is 0 Å². The summed E-state index contributed by atoms with van der Waals surface area (Å²) in [6.07, 6.45) is 0. The molecule has 2 atom stereocenters. The maximum Gasteiger partial charge on any atom is 0.331 e. The molecule has 0 unspecified atom stereocenters. The lowest BCUT2D eigenvalue weighted by Gasteiger charge is -2.20. The molecule has 2 aromatic carbocycles. The number of para-hydroxylation sites is 2. The number of nitrogens with one attached hydrogen (secondary N) is 2. The van der Waals surface area contributed by atoms with Crippen molar-refractivity contribution in [2.24, 2.45) is 0 Å². The normalized spacial score (nSPS) is 12.2. The van der Waals surface area contributed by atoms with Crippen LogP contribution in [0, 0.1) is 0 Å². The molecule has 0 heterocycles. The van der Waals surface area contributed by atoms with Gasteiger partial charge in [-0.1, -0.05) is 12.1 Å². The summed E-state index contributed by atoms with van der Waals surface area (Å²) in [6, 6.07) is 3.95. The molecule has 0 bridgehead atoms. The quantitative estimate of drug-likeness (QED) is 0.174. The fourth-order valence-corrected chi connectivity index (χ4v) is 2.66. The zero-order valence-corrected chi connectivity index (χ0v) is 17.7. The van der Waals surface area contributed by atoms with Gasteiger partial charge in [-0.3, -0.25) is 9.59 Å². The third-order valence-corrected chi connectivity index (χ3v) is 4.47. The molecule has 7 N–H and O–H groups in total. The van der Waals surface area contributed by atoms with Gasteiger partial charge in [-0.05, 0) is 24.3 Å². The summed E-state index contributed by atoms with van der Waals surface area (Å²) in [5.41, 5.74) is -0.747. The second-order valence-electron chi connectivity index (χ2n) is 6.73. The molecular formula is C21H22N2O11. The highest BCUT2D eigenvalue weighted by molar-refractivity contribution is 6.00. The van der Waals surface area contributed by atoms with Gasteiger partial charge in [0.15, 0.2) is 35.1 Å². The van der Waals surface area contributed by atoms with Crippen molar-refractivity contribution in [1.29, 1.82) is 0 Å². The van der Waals surface area contributed by atoms with Crippen molar-refractivity contribution in [1.82, 2.24) is 10.6 Å². The number of aromatic hydroxyl groups is 4. The lowest BCUT2D eigenvalue weighted by molar-refractivity contribution is -0.152. The maximum absolute atomic E-state index is 12.4. The van der Waals surface area contributed by atoms with Gasteiger partial charge in [-0.25, -0.2) is 9.59 Å². The Balaban J connectivity index is 2.07. The van der Waals surface area contributed by atoms with E-state index in [1.54, 1.807) is 0 Å². The molecule has 13 heteroatoms. The number of rotatable bonds is 9. The third kappa shape index (κ3) is 6.04. The Kier molecular flexibility index (Phi) is 8.61. The first kappa shape index (κ1) is 25.7. The summed E-state index contributed by atoms with van der Waals surface area (Å²) in [4.78, 5) is 49.0. The van der Waals surface area contributed by atoms with Crippen molar-refractivity contribution in [3.05, 3.63) is 47.5 Å². The smallest absolute Gasteiger partial charge is 0.331 e. The van der Waals surface area contributed by atoms with Crippen molar-refractivity contribution >= 4 is 23.8 Å². The van der Waals surface area contributed by atoms with Gasteiger partial charge in [0.25, 0.3) is 11.8 Å². The van der Waals surface area contributed by atoms with Crippen LogP contribution in [0.15, 0.2) is 36.4 Å². The zero-order chi connectivity index (χ0) is 25.4. The average molecular weight is 478 g/mol. The highest BCUT2D eigenvalue weighted by Crippen LogP contribution is 2.29. The Hall–Kier alpha value is -4.52. The second-order valence-corrected chi connectivity index (χ2v) is 6.73. The van der Waals surface area contributed by atoms with E-state index >= 15 is 0 Å². The minimum atomic E-state index is -1.63. The van der Waals surface area contributed by atoms with Crippen LogP contribution in [0.2, 0.25) is 0 Å². The average Bonchev–Trinajstić information content (AvgIpc) is 2.82. The SMILES string of the molecule is COC(=O)[C@H](COC(=O)[C@H](CO)NC(=O)c1cccc(O)c1O)NC(=O)c1cccc(O)c1O. The molecule has 0 fully saturated rings. The van der Waals surface area contributed by atoms with Crippen molar-refractivity contribution < 1.29 is 54.2 Å². The number of hydrogen-bond donors (Lipinski definition) is 7. The van der Waals surface area contributed by atoms with E-state index in [2.05, 4.69) is 15.4 Å². The number of hydrogen-bond acceptors (Lipinski definition) is 11. The molecule has 0 aliphatic rings. The number of aliphatic hydroxyl groups is 1. The summed E-state index contributed by atoms with van der Waals surface area (Å²) in [5, 5.41) is 52.3. The molecule has 34 heavy (non-hydrogen) atoms. The van der Waals surface area contributed by atoms with E-state index in [-0.39, 0.29) is 11.1 Å². The number of methoxy groups -OCH3 is 1. The summed E-state index contributed by atoms with van der Waals surface area (Å²) in [7, 11) is 1.01. The molecule has 2 amide bonds. The van der Waals surface area contributed by atoms with Crippen LogP contribution in [-0.2, 0) is 19.1 Å². The van der Waals surface area contributed by atoms with Crippen LogP contribution in [0.4, 0.5) is 0 Å². The first-order valence-corrected chi connectivity index (χ1v) is 9.59. The summed E-state index contributed by atoms with van der Waals surface area (Å²) in [5.74, 6) is -6.85. The molecule has 0 aliphatic heterocycles. The number of benzene rings is 2. The molecule has 0 saturated heterocycles. The minimum Gasteiger partial charge on any atom is -0.504 e. The molecule has 13 nitrogen and oxygen atoms in total. The Morgan fingerprint density at radius 3 is 1.71 bits per heavy atom. The molecule has 182 valence electrons.